The van der Waals surface area contributed by atoms with Crippen molar-refractivity contribution in [2.75, 3.05) is 31.1 Å². The van der Waals surface area contributed by atoms with Crippen molar-refractivity contribution in [1.82, 2.24) is 9.88 Å². The Hall–Kier alpha value is -2.48. The Labute approximate surface area is 171 Å². The summed E-state index contributed by atoms with van der Waals surface area (Å²) in [4.78, 5) is 20.6. The number of rotatable bonds is 3. The van der Waals surface area contributed by atoms with Crippen LogP contribution in [0.1, 0.15) is 37.6 Å². The van der Waals surface area contributed by atoms with Crippen molar-refractivity contribution in [3.63, 3.8) is 0 Å². The van der Waals surface area contributed by atoms with Crippen LogP contribution in [0.3, 0.4) is 0 Å². The molecular formula is C21H26FN3O3S. The highest BCUT2D eigenvalue weighted by Gasteiger charge is 2.32. The van der Waals surface area contributed by atoms with Gasteiger partial charge in [0, 0.05) is 31.7 Å². The first-order valence-corrected chi connectivity index (χ1v) is 11.1. The molecule has 0 bridgehead atoms. The quantitative estimate of drug-likeness (QED) is 0.764. The molecule has 0 unspecified atom stereocenters. The number of benzene rings is 1. The Morgan fingerprint density at radius 3 is 2.45 bits per heavy atom. The Bertz CT molecular complexity index is 985. The molecule has 0 aliphatic carbocycles. The van der Waals surface area contributed by atoms with Crippen LogP contribution in [0.15, 0.2) is 47.6 Å². The topological polar surface area (TPSA) is 70.6 Å². The summed E-state index contributed by atoms with van der Waals surface area (Å²) < 4.78 is 37.6. The molecule has 156 valence electrons. The second-order valence-corrected chi connectivity index (χ2v) is 10.8. The molecule has 1 aromatic carbocycles. The van der Waals surface area contributed by atoms with Gasteiger partial charge in [0.05, 0.1) is 16.6 Å². The van der Waals surface area contributed by atoms with E-state index in [1.54, 1.807) is 44.0 Å². The number of carbonyl (C=O) groups is 1. The molecule has 1 aliphatic heterocycles. The van der Waals surface area contributed by atoms with Gasteiger partial charge in [-0.1, -0.05) is 6.07 Å². The lowest BCUT2D eigenvalue weighted by Crippen LogP contribution is -2.35. The van der Waals surface area contributed by atoms with E-state index in [0.29, 0.717) is 25.2 Å². The predicted molar refractivity (Wildman–Crippen MR) is 110 cm³/mol. The Morgan fingerprint density at radius 1 is 1.07 bits per heavy atom. The van der Waals surface area contributed by atoms with Crippen LogP contribution in [0, 0.1) is 5.82 Å². The second kappa shape index (κ2) is 8.10. The smallest absolute Gasteiger partial charge is 0.254 e. The van der Waals surface area contributed by atoms with Crippen LogP contribution in [0.5, 0.6) is 0 Å². The molecule has 2 aromatic rings. The van der Waals surface area contributed by atoms with Crippen LogP contribution >= 0.6 is 0 Å². The van der Waals surface area contributed by atoms with Gasteiger partial charge in [-0.15, -0.1) is 0 Å². The highest BCUT2D eigenvalue weighted by Crippen LogP contribution is 2.25. The van der Waals surface area contributed by atoms with Crippen molar-refractivity contribution >= 4 is 21.4 Å². The Morgan fingerprint density at radius 2 is 1.83 bits per heavy atom. The van der Waals surface area contributed by atoms with E-state index < -0.39 is 20.4 Å². The molecule has 0 saturated carbocycles. The molecule has 29 heavy (non-hydrogen) atoms. The Kier molecular flexibility index (Phi) is 5.93. The zero-order valence-corrected chi connectivity index (χ0v) is 17.7. The third kappa shape index (κ3) is 4.58. The van der Waals surface area contributed by atoms with Gasteiger partial charge in [-0.2, -0.15) is 0 Å². The summed E-state index contributed by atoms with van der Waals surface area (Å²) in [5.74, 6) is -0.611. The van der Waals surface area contributed by atoms with E-state index in [4.69, 9.17) is 0 Å². The molecule has 0 radical (unpaired) electrons. The van der Waals surface area contributed by atoms with Crippen molar-refractivity contribution < 1.29 is 17.6 Å². The number of hydrogen-bond acceptors (Lipinski definition) is 5. The summed E-state index contributed by atoms with van der Waals surface area (Å²) >= 11 is 0. The number of sulfone groups is 1. The van der Waals surface area contributed by atoms with Crippen LogP contribution in [-0.2, 0) is 9.84 Å². The first kappa shape index (κ1) is 21.2. The number of anilines is 1. The maximum Gasteiger partial charge on any atom is 0.254 e. The summed E-state index contributed by atoms with van der Waals surface area (Å²) in [6.07, 6.45) is 2.33. The van der Waals surface area contributed by atoms with E-state index in [1.165, 1.54) is 24.3 Å². The monoisotopic (exact) mass is 419 g/mol. The highest BCUT2D eigenvalue weighted by atomic mass is 32.2. The fourth-order valence-corrected chi connectivity index (χ4v) is 4.28. The van der Waals surface area contributed by atoms with E-state index in [2.05, 4.69) is 9.88 Å². The van der Waals surface area contributed by atoms with Crippen molar-refractivity contribution in [3.8, 4) is 0 Å². The van der Waals surface area contributed by atoms with Gasteiger partial charge in [0.15, 0.2) is 14.9 Å². The number of hydrogen-bond donors (Lipinski definition) is 0. The zero-order valence-electron chi connectivity index (χ0n) is 16.9. The van der Waals surface area contributed by atoms with Gasteiger partial charge in [0.1, 0.15) is 5.82 Å². The van der Waals surface area contributed by atoms with Gasteiger partial charge < -0.3 is 9.80 Å². The van der Waals surface area contributed by atoms with Crippen LogP contribution in [0.2, 0.25) is 0 Å². The average molecular weight is 420 g/mol. The molecule has 2 heterocycles. The predicted octanol–water partition coefficient (Wildman–Crippen LogP) is 3.15. The molecule has 0 N–H and O–H groups in total. The van der Waals surface area contributed by atoms with E-state index >= 15 is 0 Å². The van der Waals surface area contributed by atoms with E-state index in [-0.39, 0.29) is 10.9 Å². The third-order valence-corrected chi connectivity index (χ3v) is 7.43. The summed E-state index contributed by atoms with van der Waals surface area (Å²) in [7, 11) is -3.50. The molecule has 6 nitrogen and oxygen atoms in total. The lowest BCUT2D eigenvalue weighted by Gasteiger charge is -2.24. The molecule has 3 rings (SSSR count). The first-order chi connectivity index (χ1) is 13.6. The number of pyridine rings is 1. The van der Waals surface area contributed by atoms with Crippen molar-refractivity contribution in [1.29, 1.82) is 0 Å². The fourth-order valence-electron chi connectivity index (χ4n) is 3.22. The summed E-state index contributed by atoms with van der Waals surface area (Å²) in [6.45, 7) is 7.34. The normalized spacial score (nSPS) is 15.9. The molecule has 1 aliphatic rings. The van der Waals surface area contributed by atoms with Crippen molar-refractivity contribution in [3.05, 3.63) is 54.0 Å². The van der Waals surface area contributed by atoms with Crippen LogP contribution in [-0.4, -0.2) is 55.1 Å². The number of nitrogens with zero attached hydrogens (tertiary/aromatic N) is 3. The fraction of sp³-hybridized carbons (Fsp3) is 0.429. The molecule has 8 heteroatoms. The third-order valence-electron chi connectivity index (χ3n) is 5.02. The van der Waals surface area contributed by atoms with Crippen LogP contribution in [0.25, 0.3) is 0 Å². The number of carbonyl (C=O) groups excluding carboxylic acids is 1. The second-order valence-electron chi connectivity index (χ2n) is 8.11. The average Bonchev–Trinajstić information content (AvgIpc) is 2.93. The van der Waals surface area contributed by atoms with Crippen molar-refractivity contribution in [2.45, 2.75) is 37.0 Å². The van der Waals surface area contributed by atoms with Gasteiger partial charge in [-0.25, -0.2) is 17.8 Å². The van der Waals surface area contributed by atoms with Gasteiger partial charge >= 0.3 is 0 Å². The summed E-state index contributed by atoms with van der Waals surface area (Å²) in [5.41, 5.74) is 1.16. The largest absolute Gasteiger partial charge is 0.368 e. The molecule has 1 aromatic heterocycles. The lowest BCUT2D eigenvalue weighted by molar-refractivity contribution is 0.0766. The van der Waals surface area contributed by atoms with Crippen LogP contribution in [0.4, 0.5) is 10.1 Å². The first-order valence-electron chi connectivity index (χ1n) is 9.60. The minimum Gasteiger partial charge on any atom is -0.368 e. The van der Waals surface area contributed by atoms with Gasteiger partial charge in [0.25, 0.3) is 5.91 Å². The molecule has 0 spiro atoms. The number of halogens is 1. The molecule has 1 fully saturated rings. The van der Waals surface area contributed by atoms with E-state index in [0.717, 1.165) is 18.7 Å². The minimum absolute atomic E-state index is 0.0616. The standard InChI is InChI=1S/C21H26FN3O3S/c1-21(2,3)29(27,28)19-9-8-18(15-23-19)24-10-5-11-25(13-12-24)20(26)16-6-4-7-17(22)14-16/h4,6-9,14-15H,5,10-13H2,1-3H3. The van der Waals surface area contributed by atoms with Crippen molar-refractivity contribution in [2.24, 2.45) is 0 Å². The highest BCUT2D eigenvalue weighted by molar-refractivity contribution is 7.92. The SMILES string of the molecule is CC(C)(C)S(=O)(=O)c1ccc(N2CCCN(C(=O)c3cccc(F)c3)CC2)cn1. The van der Waals surface area contributed by atoms with Gasteiger partial charge in [-0.3, -0.25) is 4.79 Å². The zero-order chi connectivity index (χ0) is 21.2. The van der Waals surface area contributed by atoms with E-state index in [1.807, 2.05) is 0 Å². The lowest BCUT2D eigenvalue weighted by atomic mass is 10.2. The maximum atomic E-state index is 13.4. The molecule has 1 amide bonds. The van der Waals surface area contributed by atoms with Gasteiger partial charge in [-0.05, 0) is 57.5 Å². The molecule has 0 atom stereocenters. The Balaban J connectivity index is 1.70. The number of amides is 1. The van der Waals surface area contributed by atoms with E-state index in [9.17, 15) is 17.6 Å². The van der Waals surface area contributed by atoms with Crippen LogP contribution < -0.4 is 4.90 Å². The number of aromatic nitrogens is 1. The summed E-state index contributed by atoms with van der Waals surface area (Å²) in [6, 6.07) is 9.02. The van der Waals surface area contributed by atoms with Gasteiger partial charge in [0.2, 0.25) is 0 Å². The molecular weight excluding hydrogens is 393 g/mol. The molecule has 1 saturated heterocycles. The summed E-state index contributed by atoms with van der Waals surface area (Å²) in [5, 5.41) is 0.0616. The minimum atomic E-state index is -3.50. The maximum absolute atomic E-state index is 13.4.